The first kappa shape index (κ1) is 10.8. The zero-order chi connectivity index (χ0) is 10.7. The summed E-state index contributed by atoms with van der Waals surface area (Å²) in [6, 6.07) is 8.19. The highest BCUT2D eigenvalue weighted by Gasteiger charge is 2.05. The average molecular weight is 190 g/mol. The molecule has 0 aliphatic heterocycles. The molecule has 0 saturated carbocycles. The lowest BCUT2D eigenvalue weighted by molar-refractivity contribution is 0.850. The second-order valence-corrected chi connectivity index (χ2v) is 3.81. The van der Waals surface area contributed by atoms with E-state index >= 15 is 0 Å². The molecule has 0 aliphatic rings. The van der Waals surface area contributed by atoms with Crippen LogP contribution in [0.5, 0.6) is 0 Å². The normalized spacial score (nSPS) is 12.3. The summed E-state index contributed by atoms with van der Waals surface area (Å²) in [5.74, 6) is 0. The summed E-state index contributed by atoms with van der Waals surface area (Å²) >= 11 is 0. The molecule has 0 heterocycles. The Morgan fingerprint density at radius 3 is 2.14 bits per heavy atom. The summed E-state index contributed by atoms with van der Waals surface area (Å²) in [6.45, 7) is 5.80. The predicted molar refractivity (Wildman–Crippen MR) is 62.5 cm³/mol. The highest BCUT2D eigenvalue weighted by Crippen LogP contribution is 2.20. The van der Waals surface area contributed by atoms with Crippen LogP contribution < -0.4 is 10.6 Å². The first-order valence-corrected chi connectivity index (χ1v) is 4.70. The third-order valence-electron chi connectivity index (χ3n) is 2.30. The van der Waals surface area contributed by atoms with Gasteiger partial charge in [-0.1, -0.05) is 24.3 Å². The molecule has 0 bridgehead atoms. The maximum absolute atomic E-state index is 5.95. The molecule has 0 aromatic heterocycles. The highest BCUT2D eigenvalue weighted by molar-refractivity contribution is 5.47. The molecule has 76 valence electrons. The van der Waals surface area contributed by atoms with Gasteiger partial charge in [-0.05, 0) is 24.6 Å². The fourth-order valence-corrected chi connectivity index (χ4v) is 1.26. The largest absolute Gasteiger partial charge is 0.378 e. The molecule has 2 nitrogen and oxygen atoms in total. The molecule has 2 heteroatoms. The molecular formula is C12H18N2. The van der Waals surface area contributed by atoms with Gasteiger partial charge in [0.25, 0.3) is 0 Å². The molecule has 1 aromatic carbocycles. The lowest BCUT2D eigenvalue weighted by Crippen LogP contribution is -2.12. The van der Waals surface area contributed by atoms with Gasteiger partial charge < -0.3 is 10.6 Å². The van der Waals surface area contributed by atoms with Crippen LogP contribution in [0.15, 0.2) is 36.4 Å². The maximum Gasteiger partial charge on any atom is 0.0505 e. The van der Waals surface area contributed by atoms with Crippen LogP contribution in [0.25, 0.3) is 0 Å². The Kier molecular flexibility index (Phi) is 3.31. The summed E-state index contributed by atoms with van der Waals surface area (Å²) in [5, 5.41) is 0. The van der Waals surface area contributed by atoms with Crippen molar-refractivity contribution in [1.82, 2.24) is 0 Å². The van der Waals surface area contributed by atoms with E-state index in [1.165, 1.54) is 5.69 Å². The van der Waals surface area contributed by atoms with E-state index in [1.807, 2.05) is 21.0 Å². The second kappa shape index (κ2) is 4.29. The van der Waals surface area contributed by atoms with Crippen LogP contribution in [0, 0.1) is 0 Å². The zero-order valence-corrected chi connectivity index (χ0v) is 9.12. The number of hydrogen-bond acceptors (Lipinski definition) is 2. The molecule has 2 N–H and O–H groups in total. The molecule has 1 unspecified atom stereocenters. The Bertz CT molecular complexity index is 312. The van der Waals surface area contributed by atoms with Crippen molar-refractivity contribution >= 4 is 5.69 Å². The topological polar surface area (TPSA) is 29.3 Å². The van der Waals surface area contributed by atoms with E-state index < -0.39 is 0 Å². The highest BCUT2D eigenvalue weighted by atomic mass is 15.1. The van der Waals surface area contributed by atoms with Gasteiger partial charge in [0.2, 0.25) is 0 Å². The molecule has 1 aromatic rings. The van der Waals surface area contributed by atoms with Crippen molar-refractivity contribution < 1.29 is 0 Å². The number of nitrogens with zero attached hydrogens (tertiary/aromatic N) is 1. The second-order valence-electron chi connectivity index (χ2n) is 3.81. The molecule has 1 atom stereocenters. The van der Waals surface area contributed by atoms with E-state index in [0.717, 1.165) is 11.1 Å². The van der Waals surface area contributed by atoms with Gasteiger partial charge in [-0.25, -0.2) is 0 Å². The zero-order valence-electron chi connectivity index (χ0n) is 9.12. The van der Waals surface area contributed by atoms with Crippen LogP contribution in [0.3, 0.4) is 0 Å². The fourth-order valence-electron chi connectivity index (χ4n) is 1.26. The van der Waals surface area contributed by atoms with E-state index in [0.29, 0.717) is 0 Å². The van der Waals surface area contributed by atoms with Gasteiger partial charge in [0.1, 0.15) is 0 Å². The summed E-state index contributed by atoms with van der Waals surface area (Å²) in [5.41, 5.74) is 9.24. The first-order chi connectivity index (χ1) is 6.52. The molecule has 0 saturated heterocycles. The van der Waals surface area contributed by atoms with Gasteiger partial charge >= 0.3 is 0 Å². The first-order valence-electron chi connectivity index (χ1n) is 4.70. The molecule has 0 amide bonds. The average Bonchev–Trinajstić information content (AvgIpc) is 2.16. The quantitative estimate of drug-likeness (QED) is 0.741. The van der Waals surface area contributed by atoms with E-state index in [1.54, 1.807) is 0 Å². The molecule has 0 radical (unpaired) electrons. The predicted octanol–water partition coefficient (Wildman–Crippen LogP) is 2.33. The molecule has 0 spiro atoms. The van der Waals surface area contributed by atoms with Gasteiger partial charge in [0.05, 0.1) is 6.04 Å². The molecule has 0 fully saturated rings. The van der Waals surface area contributed by atoms with Crippen LogP contribution in [-0.4, -0.2) is 14.1 Å². The van der Waals surface area contributed by atoms with Crippen molar-refractivity contribution in [3.63, 3.8) is 0 Å². The Morgan fingerprint density at radius 2 is 1.79 bits per heavy atom. The molecule has 0 aliphatic carbocycles. The van der Waals surface area contributed by atoms with E-state index in [2.05, 4.69) is 35.7 Å². The van der Waals surface area contributed by atoms with Gasteiger partial charge in [-0.15, -0.1) is 0 Å². The van der Waals surface area contributed by atoms with Crippen LogP contribution in [0.2, 0.25) is 0 Å². The minimum atomic E-state index is -0.0498. The Morgan fingerprint density at radius 1 is 1.29 bits per heavy atom. The van der Waals surface area contributed by atoms with Crippen molar-refractivity contribution in [2.24, 2.45) is 5.73 Å². The number of hydrogen-bond donors (Lipinski definition) is 1. The molecular weight excluding hydrogens is 172 g/mol. The van der Waals surface area contributed by atoms with Gasteiger partial charge in [-0.2, -0.15) is 0 Å². The van der Waals surface area contributed by atoms with Crippen molar-refractivity contribution in [2.75, 3.05) is 19.0 Å². The van der Waals surface area contributed by atoms with Crippen molar-refractivity contribution in [2.45, 2.75) is 13.0 Å². The third-order valence-corrected chi connectivity index (χ3v) is 2.30. The van der Waals surface area contributed by atoms with E-state index in [-0.39, 0.29) is 6.04 Å². The van der Waals surface area contributed by atoms with Crippen molar-refractivity contribution in [1.29, 1.82) is 0 Å². The number of benzene rings is 1. The summed E-state index contributed by atoms with van der Waals surface area (Å²) < 4.78 is 0. The minimum Gasteiger partial charge on any atom is -0.378 e. The van der Waals surface area contributed by atoms with Crippen LogP contribution in [0.4, 0.5) is 5.69 Å². The van der Waals surface area contributed by atoms with E-state index in [9.17, 15) is 0 Å². The minimum absolute atomic E-state index is 0.0498. The maximum atomic E-state index is 5.95. The summed E-state index contributed by atoms with van der Waals surface area (Å²) in [4.78, 5) is 2.07. The standard InChI is InChI=1S/C12H18N2/c1-9(2)12(13)10-5-7-11(8-6-10)14(3)4/h5-8,12H,1,13H2,2-4H3. The van der Waals surface area contributed by atoms with Crippen LogP contribution in [-0.2, 0) is 0 Å². The summed E-state index contributed by atoms with van der Waals surface area (Å²) in [6.07, 6.45) is 0. The van der Waals surface area contributed by atoms with Crippen molar-refractivity contribution in [3.05, 3.63) is 42.0 Å². The molecule has 14 heavy (non-hydrogen) atoms. The Hall–Kier alpha value is -1.28. The smallest absolute Gasteiger partial charge is 0.0505 e. The number of anilines is 1. The monoisotopic (exact) mass is 190 g/mol. The van der Waals surface area contributed by atoms with Crippen molar-refractivity contribution in [3.8, 4) is 0 Å². The van der Waals surface area contributed by atoms with Crippen LogP contribution >= 0.6 is 0 Å². The lowest BCUT2D eigenvalue weighted by Gasteiger charge is -2.15. The van der Waals surface area contributed by atoms with Crippen LogP contribution in [0.1, 0.15) is 18.5 Å². The number of rotatable bonds is 3. The molecule has 1 rings (SSSR count). The lowest BCUT2D eigenvalue weighted by atomic mass is 10.0. The van der Waals surface area contributed by atoms with E-state index in [4.69, 9.17) is 5.73 Å². The summed E-state index contributed by atoms with van der Waals surface area (Å²) in [7, 11) is 4.04. The fraction of sp³-hybridized carbons (Fsp3) is 0.333. The Labute approximate surface area is 86.0 Å². The Balaban J connectivity index is 2.88. The number of nitrogens with two attached hydrogens (primary N) is 1. The van der Waals surface area contributed by atoms with Gasteiger partial charge in [0.15, 0.2) is 0 Å². The SMILES string of the molecule is C=C(C)C(N)c1ccc(N(C)C)cc1. The van der Waals surface area contributed by atoms with Gasteiger partial charge in [0, 0.05) is 19.8 Å². The van der Waals surface area contributed by atoms with Gasteiger partial charge in [-0.3, -0.25) is 0 Å². The third kappa shape index (κ3) is 2.36.